The van der Waals surface area contributed by atoms with Gasteiger partial charge in [-0.05, 0) is 47.9 Å². The molecule has 33 heavy (non-hydrogen) atoms. The molecule has 0 amide bonds. The van der Waals surface area contributed by atoms with Gasteiger partial charge in [0.1, 0.15) is 11.4 Å². The maximum absolute atomic E-state index is 11.0. The number of nitrogens with zero attached hydrogens (tertiary/aromatic N) is 4. The molecule has 0 radical (unpaired) electrons. The second kappa shape index (κ2) is 9.65. The van der Waals surface area contributed by atoms with Crippen LogP contribution in [0.4, 0.5) is 22.7 Å². The minimum atomic E-state index is -0.456. The number of hydrogen-bond acceptors (Lipinski definition) is 6. The Kier molecular flexibility index (Phi) is 6.49. The summed E-state index contributed by atoms with van der Waals surface area (Å²) in [5, 5.41) is 34.4. The van der Waals surface area contributed by atoms with Gasteiger partial charge in [-0.15, -0.1) is 5.11 Å². The Balaban J connectivity index is 1.89. The molecule has 0 aliphatic heterocycles. The first-order valence-electron chi connectivity index (χ1n) is 11.1. The van der Waals surface area contributed by atoms with Crippen LogP contribution < -0.4 is 4.90 Å². The average molecular weight is 443 g/mol. The molecule has 0 saturated heterocycles. The topological polar surface area (TPSA) is 91.3 Å². The first kappa shape index (κ1) is 22.2. The summed E-state index contributed by atoms with van der Waals surface area (Å²) in [6.45, 7) is 6.07. The lowest BCUT2D eigenvalue weighted by Gasteiger charge is -2.26. The van der Waals surface area contributed by atoms with E-state index >= 15 is 0 Å². The number of fused-ring (bicyclic) bond motifs is 2. The number of phenols is 1. The summed E-state index contributed by atoms with van der Waals surface area (Å²) in [4.78, 5) is 12.7. The molecule has 0 aliphatic rings. The monoisotopic (exact) mass is 442 g/mol. The first-order valence-corrected chi connectivity index (χ1v) is 11.1. The van der Waals surface area contributed by atoms with Gasteiger partial charge >= 0.3 is 0 Å². The summed E-state index contributed by atoms with van der Waals surface area (Å²) < 4.78 is 0. The van der Waals surface area contributed by atoms with Crippen molar-refractivity contribution in [1.29, 1.82) is 0 Å². The third-order valence-electron chi connectivity index (χ3n) is 5.59. The summed E-state index contributed by atoms with van der Waals surface area (Å²) in [7, 11) is 0. The van der Waals surface area contributed by atoms with Crippen LogP contribution in [0.1, 0.15) is 26.7 Å². The van der Waals surface area contributed by atoms with Gasteiger partial charge < -0.3 is 10.0 Å². The third-order valence-corrected chi connectivity index (χ3v) is 5.59. The van der Waals surface area contributed by atoms with Crippen molar-refractivity contribution in [3.8, 4) is 5.75 Å². The van der Waals surface area contributed by atoms with Crippen molar-refractivity contribution in [2.75, 3.05) is 18.0 Å². The van der Waals surface area contributed by atoms with E-state index in [1.54, 1.807) is 6.07 Å². The molecule has 168 valence electrons. The fourth-order valence-electron chi connectivity index (χ4n) is 4.07. The van der Waals surface area contributed by atoms with E-state index in [0.29, 0.717) is 11.4 Å². The minimum Gasteiger partial charge on any atom is -0.506 e. The average Bonchev–Trinajstić information content (AvgIpc) is 2.82. The highest BCUT2D eigenvalue weighted by atomic mass is 16.6. The first-order chi connectivity index (χ1) is 16.0. The third kappa shape index (κ3) is 4.62. The number of nitro benzene ring substituents is 1. The van der Waals surface area contributed by atoms with E-state index in [9.17, 15) is 15.2 Å². The van der Waals surface area contributed by atoms with Crippen LogP contribution in [0, 0.1) is 10.1 Å². The molecule has 7 nitrogen and oxygen atoms in total. The zero-order chi connectivity index (χ0) is 23.4. The van der Waals surface area contributed by atoms with Crippen LogP contribution in [0.2, 0.25) is 0 Å². The summed E-state index contributed by atoms with van der Waals surface area (Å²) in [6, 6.07) is 19.9. The molecule has 0 saturated carbocycles. The predicted octanol–water partition coefficient (Wildman–Crippen LogP) is 7.65. The van der Waals surface area contributed by atoms with E-state index in [0.717, 1.165) is 53.2 Å². The maximum Gasteiger partial charge on any atom is 0.269 e. The zero-order valence-electron chi connectivity index (χ0n) is 18.7. The molecule has 0 heterocycles. The Morgan fingerprint density at radius 3 is 2.06 bits per heavy atom. The quantitative estimate of drug-likeness (QED) is 0.131. The van der Waals surface area contributed by atoms with Crippen molar-refractivity contribution >= 4 is 44.3 Å². The summed E-state index contributed by atoms with van der Waals surface area (Å²) in [5.41, 5.74) is 1.82. The summed E-state index contributed by atoms with van der Waals surface area (Å²) in [5.74, 6) is 0.0515. The van der Waals surface area contributed by atoms with Gasteiger partial charge in [0, 0.05) is 47.7 Å². The highest BCUT2D eigenvalue weighted by Gasteiger charge is 2.17. The molecule has 4 rings (SSSR count). The van der Waals surface area contributed by atoms with Gasteiger partial charge in [-0.3, -0.25) is 10.1 Å². The Bertz CT molecular complexity index is 1330. The van der Waals surface area contributed by atoms with E-state index in [2.05, 4.69) is 41.1 Å². The van der Waals surface area contributed by atoms with E-state index in [-0.39, 0.29) is 11.4 Å². The highest BCUT2D eigenvalue weighted by molar-refractivity contribution is 6.10. The van der Waals surface area contributed by atoms with Crippen LogP contribution >= 0.6 is 0 Å². The van der Waals surface area contributed by atoms with Crippen LogP contribution in [-0.2, 0) is 0 Å². The smallest absolute Gasteiger partial charge is 0.269 e. The van der Waals surface area contributed by atoms with Crippen LogP contribution in [-0.4, -0.2) is 23.1 Å². The summed E-state index contributed by atoms with van der Waals surface area (Å²) in [6.07, 6.45) is 1.99. The van der Waals surface area contributed by atoms with Gasteiger partial charge in [0.2, 0.25) is 0 Å². The zero-order valence-corrected chi connectivity index (χ0v) is 18.7. The van der Waals surface area contributed by atoms with E-state index in [1.807, 2.05) is 24.3 Å². The standard InChI is InChI=1S/C26H26N4O3/c1-3-13-29(14-4-2)24-17-25(31)26(28-27-20-9-11-21(12-10-20)30(32)33)23-16-19-8-6-5-7-18(19)15-22(23)24/h5-12,15-17,31H,3-4,13-14H2,1-2H3. The molecule has 4 aromatic rings. The number of nitro groups is 1. The van der Waals surface area contributed by atoms with Crippen LogP contribution in [0.5, 0.6) is 5.75 Å². The molecule has 0 unspecified atom stereocenters. The molecule has 1 N–H and O–H groups in total. The normalized spacial score (nSPS) is 11.5. The number of phenolic OH excluding ortho intramolecular Hbond substituents is 1. The lowest BCUT2D eigenvalue weighted by Crippen LogP contribution is -2.25. The van der Waals surface area contributed by atoms with Crippen LogP contribution in [0.25, 0.3) is 21.5 Å². The van der Waals surface area contributed by atoms with E-state index in [1.165, 1.54) is 24.3 Å². The van der Waals surface area contributed by atoms with Gasteiger partial charge in [0.25, 0.3) is 5.69 Å². The number of hydrogen-bond donors (Lipinski definition) is 1. The number of non-ortho nitro benzene ring substituents is 1. The number of benzene rings is 4. The van der Waals surface area contributed by atoms with Gasteiger partial charge in [0.05, 0.1) is 10.6 Å². The number of anilines is 1. The van der Waals surface area contributed by atoms with Crippen LogP contribution in [0.3, 0.4) is 0 Å². The molecule has 4 aromatic carbocycles. The van der Waals surface area contributed by atoms with Gasteiger partial charge in [-0.25, -0.2) is 0 Å². The molecule has 0 bridgehead atoms. The predicted molar refractivity (Wildman–Crippen MR) is 133 cm³/mol. The van der Waals surface area contributed by atoms with E-state index in [4.69, 9.17) is 0 Å². The maximum atomic E-state index is 11.0. The number of rotatable bonds is 8. The summed E-state index contributed by atoms with van der Waals surface area (Å²) >= 11 is 0. The van der Waals surface area contributed by atoms with Crippen molar-refractivity contribution in [2.45, 2.75) is 26.7 Å². The molecule has 0 aromatic heterocycles. The lowest BCUT2D eigenvalue weighted by atomic mass is 9.99. The van der Waals surface area contributed by atoms with Crippen LogP contribution in [0.15, 0.2) is 77.0 Å². The minimum absolute atomic E-state index is 0.00925. The fourth-order valence-corrected chi connectivity index (χ4v) is 4.07. The Labute approximate surface area is 192 Å². The fraction of sp³-hybridized carbons (Fsp3) is 0.231. The second-order valence-electron chi connectivity index (χ2n) is 7.97. The van der Waals surface area contributed by atoms with Crippen molar-refractivity contribution in [3.05, 3.63) is 76.8 Å². The number of aromatic hydroxyl groups is 1. The van der Waals surface area contributed by atoms with Gasteiger partial charge in [-0.2, -0.15) is 5.11 Å². The van der Waals surface area contributed by atoms with Gasteiger partial charge in [-0.1, -0.05) is 38.1 Å². The Morgan fingerprint density at radius 2 is 1.48 bits per heavy atom. The largest absolute Gasteiger partial charge is 0.506 e. The second-order valence-corrected chi connectivity index (χ2v) is 7.97. The van der Waals surface area contributed by atoms with Crippen molar-refractivity contribution in [1.82, 2.24) is 0 Å². The molecule has 0 fully saturated rings. The van der Waals surface area contributed by atoms with Gasteiger partial charge in [0.15, 0.2) is 0 Å². The molecule has 0 spiro atoms. The molecule has 0 atom stereocenters. The molecular weight excluding hydrogens is 416 g/mol. The SMILES string of the molecule is CCCN(CCC)c1cc(O)c(N=Nc2ccc([N+](=O)[O-])cc2)c2cc3ccccc3cc12. The van der Waals surface area contributed by atoms with Crippen molar-refractivity contribution in [2.24, 2.45) is 10.2 Å². The molecule has 7 heteroatoms. The Hall–Kier alpha value is -4.00. The van der Waals surface area contributed by atoms with E-state index < -0.39 is 4.92 Å². The lowest BCUT2D eigenvalue weighted by molar-refractivity contribution is -0.384. The van der Waals surface area contributed by atoms with Crippen molar-refractivity contribution in [3.63, 3.8) is 0 Å². The van der Waals surface area contributed by atoms with Crippen molar-refractivity contribution < 1.29 is 10.0 Å². The Morgan fingerprint density at radius 1 is 0.879 bits per heavy atom. The number of azo groups is 1. The molecular formula is C26H26N4O3. The highest BCUT2D eigenvalue weighted by Crippen LogP contribution is 2.43. The molecule has 0 aliphatic carbocycles.